The van der Waals surface area contributed by atoms with Gasteiger partial charge in [-0.05, 0) is 12.8 Å². The number of hydrogen-bond acceptors (Lipinski definition) is 4. The van der Waals surface area contributed by atoms with Crippen LogP contribution in [0.2, 0.25) is 0 Å². The van der Waals surface area contributed by atoms with E-state index in [0.29, 0.717) is 0 Å². The van der Waals surface area contributed by atoms with Crippen molar-refractivity contribution in [2.24, 2.45) is 0 Å². The van der Waals surface area contributed by atoms with Gasteiger partial charge in [-0.1, -0.05) is 26.7 Å². The minimum absolute atomic E-state index is 0.499. The Morgan fingerprint density at radius 1 is 0.929 bits per heavy atom. The van der Waals surface area contributed by atoms with Crippen LogP contribution in [0.5, 0.6) is 0 Å². The number of nitrogens with one attached hydrogen (secondary N) is 2. The lowest BCUT2D eigenvalue weighted by atomic mass is 10.3. The van der Waals surface area contributed by atoms with Gasteiger partial charge in [0.05, 0.1) is 0 Å². The molecule has 0 amide bonds. The summed E-state index contributed by atoms with van der Waals surface area (Å²) in [5, 5.41) is 24.1. The van der Waals surface area contributed by atoms with Crippen molar-refractivity contribution < 1.29 is 10.2 Å². The lowest BCUT2D eigenvalue weighted by molar-refractivity contribution is 0.136. The summed E-state index contributed by atoms with van der Waals surface area (Å²) < 4.78 is 0. The standard InChI is InChI=1S/C10H22N2O2/c1-3-5-9(13)11-7-8-12-10(14)6-4-2/h7-14H,3-6H2,1-2H3/b8-7+. The number of aliphatic hydroxyl groups is 2. The van der Waals surface area contributed by atoms with Gasteiger partial charge in [-0.3, -0.25) is 0 Å². The molecule has 4 nitrogen and oxygen atoms in total. The Labute approximate surface area is 86.0 Å². The maximum Gasteiger partial charge on any atom is 0.124 e. The molecule has 2 unspecified atom stereocenters. The predicted molar refractivity (Wildman–Crippen MR) is 57.2 cm³/mol. The fourth-order valence-corrected chi connectivity index (χ4v) is 1.03. The number of rotatable bonds is 8. The van der Waals surface area contributed by atoms with Gasteiger partial charge in [0, 0.05) is 12.4 Å². The second-order valence-corrected chi connectivity index (χ2v) is 3.28. The molecule has 0 aromatic carbocycles. The van der Waals surface area contributed by atoms with Gasteiger partial charge in [0.25, 0.3) is 0 Å². The molecule has 14 heavy (non-hydrogen) atoms. The SMILES string of the molecule is CCCC(O)N/C=C/NC(O)CCC. The summed E-state index contributed by atoms with van der Waals surface area (Å²) in [6, 6.07) is 0. The third-order valence-corrected chi connectivity index (χ3v) is 1.78. The summed E-state index contributed by atoms with van der Waals surface area (Å²) in [4.78, 5) is 0. The Morgan fingerprint density at radius 2 is 1.29 bits per heavy atom. The van der Waals surface area contributed by atoms with E-state index in [1.165, 1.54) is 0 Å². The van der Waals surface area contributed by atoms with E-state index < -0.39 is 12.5 Å². The fourth-order valence-electron chi connectivity index (χ4n) is 1.03. The van der Waals surface area contributed by atoms with Crippen molar-refractivity contribution in [3.05, 3.63) is 12.4 Å². The average molecular weight is 202 g/mol. The van der Waals surface area contributed by atoms with Crippen molar-refractivity contribution in [2.75, 3.05) is 0 Å². The normalized spacial score (nSPS) is 15.4. The van der Waals surface area contributed by atoms with Crippen LogP contribution < -0.4 is 10.6 Å². The fraction of sp³-hybridized carbons (Fsp3) is 0.800. The van der Waals surface area contributed by atoms with E-state index in [9.17, 15) is 10.2 Å². The summed E-state index contributed by atoms with van der Waals surface area (Å²) in [7, 11) is 0. The molecule has 0 aliphatic rings. The third-order valence-electron chi connectivity index (χ3n) is 1.78. The molecule has 84 valence electrons. The van der Waals surface area contributed by atoms with Crippen molar-refractivity contribution in [1.29, 1.82) is 0 Å². The molecule has 0 saturated carbocycles. The monoisotopic (exact) mass is 202 g/mol. The van der Waals surface area contributed by atoms with Crippen molar-refractivity contribution in [3.63, 3.8) is 0 Å². The van der Waals surface area contributed by atoms with E-state index in [-0.39, 0.29) is 0 Å². The zero-order valence-electron chi connectivity index (χ0n) is 9.03. The summed E-state index contributed by atoms with van der Waals surface area (Å²) in [5.74, 6) is 0. The van der Waals surface area contributed by atoms with Crippen LogP contribution in [0.1, 0.15) is 39.5 Å². The van der Waals surface area contributed by atoms with E-state index in [0.717, 1.165) is 25.7 Å². The molecule has 0 heterocycles. The quantitative estimate of drug-likeness (QED) is 0.441. The molecule has 0 bridgehead atoms. The average Bonchev–Trinajstić information content (AvgIpc) is 2.13. The van der Waals surface area contributed by atoms with Gasteiger partial charge < -0.3 is 20.8 Å². The molecule has 0 aliphatic heterocycles. The maximum absolute atomic E-state index is 9.27. The molecule has 0 aromatic heterocycles. The Kier molecular flexibility index (Phi) is 8.37. The summed E-state index contributed by atoms with van der Waals surface area (Å²) >= 11 is 0. The molecule has 0 spiro atoms. The second kappa shape index (κ2) is 8.84. The van der Waals surface area contributed by atoms with Gasteiger partial charge in [-0.15, -0.1) is 0 Å². The topological polar surface area (TPSA) is 64.5 Å². The van der Waals surface area contributed by atoms with Gasteiger partial charge in [-0.2, -0.15) is 0 Å². The molecular weight excluding hydrogens is 180 g/mol. The Bertz CT molecular complexity index is 135. The number of hydrogen-bond donors (Lipinski definition) is 4. The largest absolute Gasteiger partial charge is 0.374 e. The second-order valence-electron chi connectivity index (χ2n) is 3.28. The smallest absolute Gasteiger partial charge is 0.124 e. The predicted octanol–water partition coefficient (Wildman–Crippen LogP) is 0.874. The molecule has 4 heteroatoms. The lowest BCUT2D eigenvalue weighted by Gasteiger charge is -2.11. The highest BCUT2D eigenvalue weighted by molar-refractivity contribution is 4.79. The van der Waals surface area contributed by atoms with Crippen LogP contribution in [-0.2, 0) is 0 Å². The highest BCUT2D eigenvalue weighted by Gasteiger charge is 1.97. The zero-order valence-corrected chi connectivity index (χ0v) is 9.03. The highest BCUT2D eigenvalue weighted by atomic mass is 16.3. The van der Waals surface area contributed by atoms with Gasteiger partial charge in [0.2, 0.25) is 0 Å². The van der Waals surface area contributed by atoms with E-state index in [1.54, 1.807) is 12.4 Å². The summed E-state index contributed by atoms with van der Waals surface area (Å²) in [6.45, 7) is 4.02. The molecule has 0 fully saturated rings. The maximum atomic E-state index is 9.27. The molecule has 0 rings (SSSR count). The Hall–Kier alpha value is -0.740. The molecular formula is C10H22N2O2. The zero-order chi connectivity index (χ0) is 10.8. The van der Waals surface area contributed by atoms with Crippen LogP contribution in [-0.4, -0.2) is 22.7 Å². The third kappa shape index (κ3) is 7.89. The molecule has 4 N–H and O–H groups in total. The van der Waals surface area contributed by atoms with Crippen LogP contribution in [0.25, 0.3) is 0 Å². The first-order valence-corrected chi connectivity index (χ1v) is 5.24. The molecule has 2 atom stereocenters. The van der Waals surface area contributed by atoms with E-state index in [4.69, 9.17) is 0 Å². The number of aliphatic hydroxyl groups excluding tert-OH is 2. The van der Waals surface area contributed by atoms with Crippen molar-refractivity contribution in [2.45, 2.75) is 52.0 Å². The molecule has 0 radical (unpaired) electrons. The minimum atomic E-state index is -0.499. The van der Waals surface area contributed by atoms with Crippen molar-refractivity contribution >= 4 is 0 Å². The van der Waals surface area contributed by atoms with Crippen LogP contribution in [0, 0.1) is 0 Å². The van der Waals surface area contributed by atoms with Crippen LogP contribution >= 0.6 is 0 Å². The van der Waals surface area contributed by atoms with Gasteiger partial charge in [0.15, 0.2) is 0 Å². The molecule has 0 aliphatic carbocycles. The van der Waals surface area contributed by atoms with Crippen LogP contribution in [0.4, 0.5) is 0 Å². The highest BCUT2D eigenvalue weighted by Crippen LogP contribution is 1.92. The van der Waals surface area contributed by atoms with Crippen molar-refractivity contribution in [3.8, 4) is 0 Å². The van der Waals surface area contributed by atoms with Crippen LogP contribution in [0.15, 0.2) is 12.4 Å². The molecule has 0 aromatic rings. The van der Waals surface area contributed by atoms with Crippen LogP contribution in [0.3, 0.4) is 0 Å². The first kappa shape index (κ1) is 13.3. The van der Waals surface area contributed by atoms with Crippen molar-refractivity contribution in [1.82, 2.24) is 10.6 Å². The van der Waals surface area contributed by atoms with E-state index >= 15 is 0 Å². The van der Waals surface area contributed by atoms with E-state index in [1.807, 2.05) is 13.8 Å². The Balaban J connectivity index is 3.43. The minimum Gasteiger partial charge on any atom is -0.374 e. The van der Waals surface area contributed by atoms with Gasteiger partial charge in [-0.25, -0.2) is 0 Å². The Morgan fingerprint density at radius 3 is 1.57 bits per heavy atom. The van der Waals surface area contributed by atoms with E-state index in [2.05, 4.69) is 10.6 Å². The first-order chi connectivity index (χ1) is 6.70. The lowest BCUT2D eigenvalue weighted by Crippen LogP contribution is -2.26. The van der Waals surface area contributed by atoms with Gasteiger partial charge in [0.1, 0.15) is 12.5 Å². The summed E-state index contributed by atoms with van der Waals surface area (Å²) in [6.07, 6.45) is 5.55. The summed E-state index contributed by atoms with van der Waals surface area (Å²) in [5.41, 5.74) is 0. The molecule has 0 saturated heterocycles. The first-order valence-electron chi connectivity index (χ1n) is 5.24. The van der Waals surface area contributed by atoms with Gasteiger partial charge >= 0.3 is 0 Å².